The number of anilines is 6. The summed E-state index contributed by atoms with van der Waals surface area (Å²) in [6.07, 6.45) is 0. The summed E-state index contributed by atoms with van der Waals surface area (Å²) in [5.41, 5.74) is 19.4. The molecule has 0 saturated heterocycles. The Balaban J connectivity index is 1.23. The van der Waals surface area contributed by atoms with Crippen molar-refractivity contribution in [3.63, 3.8) is 0 Å². The van der Waals surface area contributed by atoms with Gasteiger partial charge in [-0.05, 0) is 121 Å². The first-order chi connectivity index (χ1) is 27.7. The summed E-state index contributed by atoms with van der Waals surface area (Å²) in [7, 11) is 0. The molecule has 0 aliphatic carbocycles. The number of rotatable bonds is 3. The number of benzene rings is 7. The molecule has 3 nitrogen and oxygen atoms in total. The molecule has 1 aromatic heterocycles. The van der Waals surface area contributed by atoms with E-state index in [-0.39, 0.29) is 23.0 Å². The summed E-state index contributed by atoms with van der Waals surface area (Å²) in [6, 6.07) is 54.6. The Morgan fingerprint density at radius 1 is 0.431 bits per heavy atom. The second-order valence-corrected chi connectivity index (χ2v) is 19.5. The molecule has 3 heterocycles. The van der Waals surface area contributed by atoms with Gasteiger partial charge in [-0.15, -0.1) is 0 Å². The Morgan fingerprint density at radius 2 is 0.966 bits per heavy atom. The van der Waals surface area contributed by atoms with E-state index in [4.69, 9.17) is 4.42 Å². The molecule has 8 aromatic rings. The van der Waals surface area contributed by atoms with Gasteiger partial charge in [0.05, 0.1) is 0 Å². The highest BCUT2D eigenvalue weighted by Crippen LogP contribution is 2.47. The summed E-state index contributed by atoms with van der Waals surface area (Å²) in [5.74, 6) is 0. The molecule has 58 heavy (non-hydrogen) atoms. The highest BCUT2D eigenvalue weighted by molar-refractivity contribution is 7.00. The van der Waals surface area contributed by atoms with Gasteiger partial charge in [-0.3, -0.25) is 0 Å². The van der Waals surface area contributed by atoms with Crippen LogP contribution in [-0.2, 0) is 16.2 Å². The van der Waals surface area contributed by atoms with Gasteiger partial charge in [-0.1, -0.05) is 147 Å². The van der Waals surface area contributed by atoms with E-state index in [0.29, 0.717) is 0 Å². The van der Waals surface area contributed by atoms with Crippen molar-refractivity contribution in [2.75, 3.05) is 9.80 Å². The molecule has 0 spiro atoms. The van der Waals surface area contributed by atoms with E-state index >= 15 is 0 Å². The van der Waals surface area contributed by atoms with Crippen molar-refractivity contribution in [1.29, 1.82) is 0 Å². The topological polar surface area (TPSA) is 19.6 Å². The number of hydrogen-bond donors (Lipinski definition) is 0. The third-order valence-electron chi connectivity index (χ3n) is 12.5. The standard InChI is InChI=1S/C54H51BN2O/c1-52(2,3)35-23-27-38(28-24-35)56-44-19-14-20-45-51(44)55(42-29-25-36(32-46(42)56)53(4,5)6)43-30-26-37(54(7,8)9)33-47(43)57(45)39-16-12-15-34(31-39)40-18-13-22-49-50(40)41-17-10-11-21-48(41)58-49/h10-33H,1-9H3. The maximum absolute atomic E-state index is 6.35. The van der Waals surface area contributed by atoms with E-state index in [1.807, 2.05) is 6.07 Å². The number of fused-ring (bicyclic) bond motifs is 7. The SMILES string of the molecule is CC(C)(C)c1ccc(N2c3cc(C(C)(C)C)ccc3B3c4ccc(C(C)(C)C)cc4N(c4cccc(-c5cccc6oc7ccccc7c56)c4)c4cccc2c43)cc1. The van der Waals surface area contributed by atoms with Crippen LogP contribution in [0.3, 0.4) is 0 Å². The maximum atomic E-state index is 6.35. The van der Waals surface area contributed by atoms with Gasteiger partial charge < -0.3 is 14.2 Å². The molecular formula is C54H51BN2O. The fourth-order valence-corrected chi connectivity index (χ4v) is 9.36. The van der Waals surface area contributed by atoms with Gasteiger partial charge in [-0.2, -0.15) is 0 Å². The van der Waals surface area contributed by atoms with Crippen LogP contribution in [-0.4, -0.2) is 6.71 Å². The minimum Gasteiger partial charge on any atom is -0.456 e. The van der Waals surface area contributed by atoms with Crippen LogP contribution in [0, 0.1) is 0 Å². The van der Waals surface area contributed by atoms with Crippen LogP contribution in [0.4, 0.5) is 34.1 Å². The van der Waals surface area contributed by atoms with Crippen molar-refractivity contribution in [3.05, 3.63) is 162 Å². The third kappa shape index (κ3) is 5.71. The van der Waals surface area contributed by atoms with Crippen LogP contribution in [0.2, 0.25) is 0 Å². The molecule has 0 bridgehead atoms. The second kappa shape index (κ2) is 12.8. The van der Waals surface area contributed by atoms with Gasteiger partial charge in [0.15, 0.2) is 0 Å². The Kier molecular flexibility index (Phi) is 7.99. The fourth-order valence-electron chi connectivity index (χ4n) is 9.36. The minimum atomic E-state index is -0.0231. The zero-order chi connectivity index (χ0) is 40.3. The first kappa shape index (κ1) is 36.4. The van der Waals surface area contributed by atoms with E-state index in [9.17, 15) is 0 Å². The average Bonchev–Trinajstić information content (AvgIpc) is 3.58. The van der Waals surface area contributed by atoms with Gasteiger partial charge in [0.1, 0.15) is 11.2 Å². The summed E-state index contributed by atoms with van der Waals surface area (Å²) in [5, 5.41) is 2.29. The quantitative estimate of drug-likeness (QED) is 0.168. The van der Waals surface area contributed by atoms with E-state index in [2.05, 4.69) is 212 Å². The molecule has 0 amide bonds. The molecule has 0 fully saturated rings. The Hall–Kier alpha value is -6.00. The molecule has 7 aromatic carbocycles. The summed E-state index contributed by atoms with van der Waals surface area (Å²) in [4.78, 5) is 5.06. The van der Waals surface area contributed by atoms with Crippen LogP contribution in [0.25, 0.3) is 33.1 Å². The molecule has 0 radical (unpaired) electrons. The van der Waals surface area contributed by atoms with Crippen molar-refractivity contribution >= 4 is 79.2 Å². The van der Waals surface area contributed by atoms with Gasteiger partial charge in [-0.25, -0.2) is 0 Å². The fraction of sp³-hybridized carbons (Fsp3) is 0.222. The number of para-hydroxylation sites is 1. The molecule has 0 saturated carbocycles. The molecule has 0 N–H and O–H groups in total. The van der Waals surface area contributed by atoms with E-state index in [1.54, 1.807) is 0 Å². The van der Waals surface area contributed by atoms with Crippen LogP contribution in [0.5, 0.6) is 0 Å². The Labute approximate surface area is 344 Å². The van der Waals surface area contributed by atoms with Crippen LogP contribution in [0.1, 0.15) is 79.0 Å². The average molecular weight is 755 g/mol. The molecule has 4 heteroatoms. The molecule has 0 atom stereocenters. The van der Waals surface area contributed by atoms with Gasteiger partial charge >= 0.3 is 0 Å². The van der Waals surface area contributed by atoms with E-state index < -0.39 is 0 Å². The minimum absolute atomic E-state index is 0.000108. The number of nitrogens with zero attached hydrogens (tertiary/aromatic N) is 2. The van der Waals surface area contributed by atoms with Crippen molar-refractivity contribution in [2.24, 2.45) is 0 Å². The summed E-state index contributed by atoms with van der Waals surface area (Å²) in [6.45, 7) is 20.8. The zero-order valence-corrected chi connectivity index (χ0v) is 35.2. The smallest absolute Gasteiger partial charge is 0.252 e. The van der Waals surface area contributed by atoms with Crippen molar-refractivity contribution in [3.8, 4) is 11.1 Å². The monoisotopic (exact) mass is 754 g/mol. The van der Waals surface area contributed by atoms with E-state index in [1.165, 1.54) is 67.1 Å². The van der Waals surface area contributed by atoms with Crippen LogP contribution < -0.4 is 26.2 Å². The Bertz CT molecular complexity index is 2920. The van der Waals surface area contributed by atoms with Crippen LogP contribution in [0.15, 0.2) is 150 Å². The molecule has 0 unspecified atom stereocenters. The lowest BCUT2D eigenvalue weighted by Crippen LogP contribution is -2.61. The number of hydrogen-bond acceptors (Lipinski definition) is 3. The zero-order valence-electron chi connectivity index (χ0n) is 35.2. The molecule has 2 aliphatic rings. The normalized spacial score (nSPS) is 13.8. The first-order valence-electron chi connectivity index (χ1n) is 20.8. The van der Waals surface area contributed by atoms with Crippen molar-refractivity contribution in [1.82, 2.24) is 0 Å². The van der Waals surface area contributed by atoms with Gasteiger partial charge in [0.25, 0.3) is 6.71 Å². The molecule has 2 aliphatic heterocycles. The third-order valence-corrected chi connectivity index (χ3v) is 12.5. The van der Waals surface area contributed by atoms with Gasteiger partial charge in [0.2, 0.25) is 0 Å². The lowest BCUT2D eigenvalue weighted by atomic mass is 9.33. The van der Waals surface area contributed by atoms with Gasteiger partial charge in [0, 0.05) is 44.9 Å². The van der Waals surface area contributed by atoms with Crippen molar-refractivity contribution < 1.29 is 4.42 Å². The molecule has 10 rings (SSSR count). The van der Waals surface area contributed by atoms with Crippen LogP contribution >= 0.6 is 0 Å². The molecular weight excluding hydrogens is 703 g/mol. The predicted molar refractivity (Wildman–Crippen MR) is 249 cm³/mol. The number of furan rings is 1. The lowest BCUT2D eigenvalue weighted by Gasteiger charge is -2.45. The largest absolute Gasteiger partial charge is 0.456 e. The maximum Gasteiger partial charge on any atom is 0.252 e. The Morgan fingerprint density at radius 3 is 1.59 bits per heavy atom. The highest BCUT2D eigenvalue weighted by Gasteiger charge is 2.44. The second-order valence-electron chi connectivity index (χ2n) is 19.5. The van der Waals surface area contributed by atoms with Crippen molar-refractivity contribution in [2.45, 2.75) is 78.6 Å². The first-order valence-corrected chi connectivity index (χ1v) is 20.8. The molecule has 286 valence electrons. The van der Waals surface area contributed by atoms with E-state index in [0.717, 1.165) is 33.2 Å². The lowest BCUT2D eigenvalue weighted by molar-refractivity contribution is 0.590. The predicted octanol–water partition coefficient (Wildman–Crippen LogP) is 13.2. The highest BCUT2D eigenvalue weighted by atomic mass is 16.3. The summed E-state index contributed by atoms with van der Waals surface area (Å²) < 4.78 is 6.35. The summed E-state index contributed by atoms with van der Waals surface area (Å²) >= 11 is 0.